The highest BCUT2D eigenvalue weighted by molar-refractivity contribution is 7.08. The molecule has 6 heteroatoms. The second-order valence-corrected chi connectivity index (χ2v) is 6.34. The molecule has 2 aromatic rings. The number of nitrogens with one attached hydrogen (secondary N) is 2. The Morgan fingerprint density at radius 2 is 2.00 bits per heavy atom. The van der Waals surface area contributed by atoms with E-state index in [-0.39, 0.29) is 0 Å². The first-order valence-electron chi connectivity index (χ1n) is 6.99. The molecule has 0 spiro atoms. The molecule has 0 radical (unpaired) electrons. The van der Waals surface area contributed by atoms with Crippen LogP contribution in [0, 0.1) is 0 Å². The number of nitrogens with zero attached hydrogens (tertiary/aromatic N) is 2. The lowest BCUT2D eigenvalue weighted by atomic mass is 10.2. The van der Waals surface area contributed by atoms with Crippen LogP contribution in [0.5, 0.6) is 0 Å². The third-order valence-corrected chi connectivity index (χ3v) is 4.75. The minimum Gasteiger partial charge on any atom is -0.353 e. The fraction of sp³-hybridized carbons (Fsp3) is 0.267. The number of aliphatic imine (C=N–C) groups is 1. The molecule has 0 unspecified atom stereocenters. The molecule has 0 bridgehead atoms. The summed E-state index contributed by atoms with van der Waals surface area (Å²) in [7, 11) is 0. The van der Waals surface area contributed by atoms with Crippen molar-refractivity contribution >= 4 is 45.8 Å². The third kappa shape index (κ3) is 2.41. The molecule has 1 aromatic carbocycles. The van der Waals surface area contributed by atoms with Gasteiger partial charge in [0, 0.05) is 42.0 Å². The van der Waals surface area contributed by atoms with Gasteiger partial charge < -0.3 is 15.5 Å². The average Bonchev–Trinajstić information content (AvgIpc) is 2.90. The number of rotatable bonds is 0. The van der Waals surface area contributed by atoms with E-state index in [2.05, 4.69) is 26.3 Å². The molecule has 1 fully saturated rings. The van der Waals surface area contributed by atoms with Gasteiger partial charge >= 0.3 is 0 Å². The maximum atomic E-state index is 6.13. The van der Waals surface area contributed by atoms with Crippen molar-refractivity contribution in [1.82, 2.24) is 10.2 Å². The van der Waals surface area contributed by atoms with Crippen LogP contribution in [0.25, 0.3) is 0 Å². The van der Waals surface area contributed by atoms with Crippen LogP contribution in [-0.2, 0) is 0 Å². The van der Waals surface area contributed by atoms with E-state index in [1.54, 1.807) is 11.3 Å². The highest BCUT2D eigenvalue weighted by Crippen LogP contribution is 2.37. The Balaban J connectivity index is 1.85. The highest BCUT2D eigenvalue weighted by Gasteiger charge is 2.23. The van der Waals surface area contributed by atoms with Crippen LogP contribution >= 0.6 is 22.9 Å². The van der Waals surface area contributed by atoms with Crippen molar-refractivity contribution in [3.63, 3.8) is 0 Å². The number of fused-ring (bicyclic) bond motifs is 2. The van der Waals surface area contributed by atoms with Gasteiger partial charge in [-0.25, -0.2) is 4.99 Å². The lowest BCUT2D eigenvalue weighted by Gasteiger charge is -2.30. The topological polar surface area (TPSA) is 39.7 Å². The van der Waals surface area contributed by atoms with Gasteiger partial charge in [0.15, 0.2) is 0 Å². The fourth-order valence-corrected chi connectivity index (χ4v) is 3.63. The monoisotopic (exact) mass is 318 g/mol. The molecule has 0 atom stereocenters. The normalized spacial score (nSPS) is 17.4. The van der Waals surface area contributed by atoms with Gasteiger partial charge in [-0.15, -0.1) is 11.3 Å². The number of anilines is 2. The zero-order chi connectivity index (χ0) is 14.2. The summed E-state index contributed by atoms with van der Waals surface area (Å²) in [4.78, 5) is 7.26. The van der Waals surface area contributed by atoms with Gasteiger partial charge in [0.1, 0.15) is 5.84 Å². The average molecular weight is 319 g/mol. The lowest BCUT2D eigenvalue weighted by Crippen LogP contribution is -2.46. The first-order valence-corrected chi connectivity index (χ1v) is 8.31. The van der Waals surface area contributed by atoms with E-state index in [1.807, 2.05) is 18.2 Å². The molecule has 0 aliphatic carbocycles. The molecule has 21 heavy (non-hydrogen) atoms. The van der Waals surface area contributed by atoms with Crippen LogP contribution in [0.3, 0.4) is 0 Å². The van der Waals surface area contributed by atoms with E-state index >= 15 is 0 Å². The number of thiophene rings is 1. The molecule has 1 aromatic heterocycles. The number of hydrogen-bond donors (Lipinski definition) is 2. The Morgan fingerprint density at radius 3 is 2.86 bits per heavy atom. The summed E-state index contributed by atoms with van der Waals surface area (Å²) in [5, 5.41) is 11.9. The van der Waals surface area contributed by atoms with Crippen molar-refractivity contribution in [2.24, 2.45) is 4.99 Å². The predicted molar refractivity (Wildman–Crippen MR) is 89.7 cm³/mol. The molecular formula is C15H15ClN4S. The Labute approximate surface area is 132 Å². The van der Waals surface area contributed by atoms with Gasteiger partial charge in [0.25, 0.3) is 0 Å². The minimum atomic E-state index is 0.711. The number of hydrogen-bond acceptors (Lipinski definition) is 5. The second kappa shape index (κ2) is 5.33. The standard InChI is InChI=1S/C15H15ClN4S/c16-10-1-2-12-13(7-10)19-15(20-5-3-17-4-6-20)11-8-21-9-14(11)18-12/h1-2,7-9,17-18H,3-6H2. The zero-order valence-corrected chi connectivity index (χ0v) is 13.0. The highest BCUT2D eigenvalue weighted by atomic mass is 35.5. The molecule has 4 rings (SSSR count). The number of halogens is 1. The van der Waals surface area contributed by atoms with Crippen molar-refractivity contribution in [2.45, 2.75) is 0 Å². The van der Waals surface area contributed by atoms with E-state index < -0.39 is 0 Å². The molecule has 4 nitrogen and oxygen atoms in total. The quantitative estimate of drug-likeness (QED) is 0.781. The van der Waals surface area contributed by atoms with E-state index in [0.29, 0.717) is 5.02 Å². The van der Waals surface area contributed by atoms with E-state index in [1.165, 1.54) is 5.56 Å². The maximum absolute atomic E-state index is 6.13. The van der Waals surface area contributed by atoms with Crippen LogP contribution in [-0.4, -0.2) is 36.9 Å². The van der Waals surface area contributed by atoms with Gasteiger partial charge in [-0.2, -0.15) is 0 Å². The molecule has 3 heterocycles. The van der Waals surface area contributed by atoms with E-state index in [4.69, 9.17) is 16.6 Å². The Hall–Kier alpha value is -1.56. The molecule has 0 saturated carbocycles. The third-order valence-electron chi connectivity index (χ3n) is 3.77. The van der Waals surface area contributed by atoms with Crippen molar-refractivity contribution in [1.29, 1.82) is 0 Å². The summed E-state index contributed by atoms with van der Waals surface area (Å²) in [6, 6.07) is 5.80. The lowest BCUT2D eigenvalue weighted by molar-refractivity contribution is 0.358. The molecule has 2 aliphatic heterocycles. The SMILES string of the molecule is Clc1ccc2c(c1)N=C(N1CCNCC1)c1cscc1N2. The van der Waals surface area contributed by atoms with Crippen LogP contribution < -0.4 is 10.6 Å². The summed E-state index contributed by atoms with van der Waals surface area (Å²) in [6.07, 6.45) is 0. The van der Waals surface area contributed by atoms with Crippen LogP contribution in [0.1, 0.15) is 5.56 Å². The van der Waals surface area contributed by atoms with Crippen LogP contribution in [0.2, 0.25) is 5.02 Å². The maximum Gasteiger partial charge on any atom is 0.139 e. The van der Waals surface area contributed by atoms with Crippen molar-refractivity contribution in [3.05, 3.63) is 39.5 Å². The van der Waals surface area contributed by atoms with Gasteiger partial charge in [0.05, 0.1) is 22.6 Å². The summed E-state index contributed by atoms with van der Waals surface area (Å²) in [5.74, 6) is 1.04. The Morgan fingerprint density at radius 1 is 1.14 bits per heavy atom. The molecule has 0 amide bonds. The van der Waals surface area contributed by atoms with E-state index in [0.717, 1.165) is 49.1 Å². The Kier molecular flexibility index (Phi) is 3.33. The summed E-state index contributed by atoms with van der Waals surface area (Å²) in [5.41, 5.74) is 4.20. The largest absolute Gasteiger partial charge is 0.353 e. The second-order valence-electron chi connectivity index (χ2n) is 5.16. The van der Waals surface area contributed by atoms with Gasteiger partial charge in [-0.3, -0.25) is 0 Å². The van der Waals surface area contributed by atoms with Crippen LogP contribution in [0.15, 0.2) is 34.0 Å². The fourth-order valence-electron chi connectivity index (χ4n) is 2.71. The zero-order valence-electron chi connectivity index (χ0n) is 11.4. The molecular weight excluding hydrogens is 304 g/mol. The summed E-state index contributed by atoms with van der Waals surface area (Å²) < 4.78 is 0. The van der Waals surface area contributed by atoms with Gasteiger partial charge in [0.2, 0.25) is 0 Å². The smallest absolute Gasteiger partial charge is 0.139 e. The number of benzene rings is 1. The molecule has 2 N–H and O–H groups in total. The summed E-state index contributed by atoms with van der Waals surface area (Å²) in [6.45, 7) is 3.94. The minimum absolute atomic E-state index is 0.711. The van der Waals surface area contributed by atoms with E-state index in [9.17, 15) is 0 Å². The predicted octanol–water partition coefficient (Wildman–Crippen LogP) is 3.44. The molecule has 108 valence electrons. The Bertz CT molecular complexity index is 703. The first-order chi connectivity index (χ1) is 10.3. The molecule has 1 saturated heterocycles. The van der Waals surface area contributed by atoms with Crippen molar-refractivity contribution in [3.8, 4) is 0 Å². The number of piperazine rings is 1. The van der Waals surface area contributed by atoms with Gasteiger partial charge in [-0.1, -0.05) is 11.6 Å². The molecule has 2 aliphatic rings. The first kappa shape index (κ1) is 13.1. The summed E-state index contributed by atoms with van der Waals surface area (Å²) >= 11 is 7.83. The van der Waals surface area contributed by atoms with Crippen molar-refractivity contribution in [2.75, 3.05) is 31.5 Å². The van der Waals surface area contributed by atoms with Crippen molar-refractivity contribution < 1.29 is 0 Å². The van der Waals surface area contributed by atoms with Gasteiger partial charge in [-0.05, 0) is 18.2 Å². The van der Waals surface area contributed by atoms with Crippen LogP contribution in [0.4, 0.5) is 17.1 Å². The number of amidine groups is 1.